The highest BCUT2D eigenvalue weighted by Gasteiger charge is 2.47. The van der Waals surface area contributed by atoms with Crippen LogP contribution in [0.2, 0.25) is 0 Å². The lowest BCUT2D eigenvalue weighted by atomic mass is 9.63. The molecule has 0 aromatic carbocycles. The second kappa shape index (κ2) is 6.15. The number of carbonyl (C=O) groups is 4. The third kappa shape index (κ3) is 3.18. The van der Waals surface area contributed by atoms with Gasteiger partial charge in [0, 0.05) is 23.2 Å². The molecule has 3 unspecified atom stereocenters. The van der Waals surface area contributed by atoms with Crippen molar-refractivity contribution in [3.05, 3.63) is 12.2 Å². The number of carbonyl (C=O) groups excluding carboxylic acids is 4. The molecule has 3 atom stereocenters. The first-order valence-corrected chi connectivity index (χ1v) is 7.75. The summed E-state index contributed by atoms with van der Waals surface area (Å²) in [5.74, 6) is -2.17. The molecule has 0 N–H and O–H groups in total. The molecule has 1 spiro atoms. The van der Waals surface area contributed by atoms with Crippen molar-refractivity contribution in [2.45, 2.75) is 46.5 Å². The van der Waals surface area contributed by atoms with E-state index in [1.807, 2.05) is 13.8 Å². The summed E-state index contributed by atoms with van der Waals surface area (Å²) in [5.41, 5.74) is -0.672. The van der Waals surface area contributed by atoms with Crippen molar-refractivity contribution in [3.63, 3.8) is 0 Å². The van der Waals surface area contributed by atoms with Crippen molar-refractivity contribution in [1.29, 1.82) is 0 Å². The number of allylic oxidation sites excluding steroid dienone is 2. The number of hydrogen-bond donors (Lipinski definition) is 0. The van der Waals surface area contributed by atoms with Crippen LogP contribution < -0.4 is 0 Å². The maximum Gasteiger partial charge on any atom is 0.314 e. The lowest BCUT2D eigenvalue weighted by Gasteiger charge is -2.40. The maximum atomic E-state index is 12.5. The van der Waals surface area contributed by atoms with Gasteiger partial charge in [-0.25, -0.2) is 0 Å². The highest BCUT2D eigenvalue weighted by atomic mass is 16.6. The molecule has 0 aromatic rings. The maximum absolute atomic E-state index is 12.5. The zero-order chi connectivity index (χ0) is 16.5. The molecule has 1 aliphatic carbocycles. The largest absolute Gasteiger partial charge is 0.393 e. The van der Waals surface area contributed by atoms with Gasteiger partial charge in [-0.15, -0.1) is 0 Å². The van der Waals surface area contributed by atoms with E-state index in [4.69, 9.17) is 0 Å². The number of hydrogen-bond acceptors (Lipinski definition) is 5. The summed E-state index contributed by atoms with van der Waals surface area (Å²) in [7, 11) is 0. The third-order valence-electron chi connectivity index (χ3n) is 4.89. The molecule has 0 radical (unpaired) electrons. The predicted octanol–water partition coefficient (Wildman–Crippen LogP) is 2.23. The van der Waals surface area contributed by atoms with Crippen molar-refractivity contribution < 1.29 is 23.9 Å². The van der Waals surface area contributed by atoms with Gasteiger partial charge in [0.2, 0.25) is 0 Å². The fraction of sp³-hybridized carbons (Fsp3) is 0.647. The molecule has 5 heteroatoms. The van der Waals surface area contributed by atoms with E-state index in [0.29, 0.717) is 6.42 Å². The first kappa shape index (κ1) is 16.6. The van der Waals surface area contributed by atoms with Crippen molar-refractivity contribution in [3.8, 4) is 0 Å². The zero-order valence-corrected chi connectivity index (χ0v) is 13.3. The first-order chi connectivity index (χ1) is 10.3. The fourth-order valence-corrected chi connectivity index (χ4v) is 3.39. The molecule has 1 heterocycles. The van der Waals surface area contributed by atoms with E-state index in [-0.39, 0.29) is 30.3 Å². The second-order valence-corrected chi connectivity index (χ2v) is 6.58. The number of cyclic esters (lactones) is 2. The minimum atomic E-state index is -0.672. The van der Waals surface area contributed by atoms with Crippen molar-refractivity contribution in [1.82, 2.24) is 0 Å². The quantitative estimate of drug-likeness (QED) is 0.452. The molecule has 0 amide bonds. The van der Waals surface area contributed by atoms with Gasteiger partial charge in [0.1, 0.15) is 11.6 Å². The van der Waals surface area contributed by atoms with Gasteiger partial charge in [-0.3, -0.25) is 19.2 Å². The summed E-state index contributed by atoms with van der Waals surface area (Å²) in [6.07, 6.45) is 4.77. The van der Waals surface area contributed by atoms with Gasteiger partial charge in [0.15, 0.2) is 0 Å². The Kier molecular flexibility index (Phi) is 4.63. The van der Waals surface area contributed by atoms with Gasteiger partial charge in [0.05, 0.1) is 12.8 Å². The number of ether oxygens (including phenoxy) is 1. The van der Waals surface area contributed by atoms with Gasteiger partial charge in [-0.05, 0) is 19.8 Å². The van der Waals surface area contributed by atoms with Gasteiger partial charge in [-0.2, -0.15) is 0 Å². The lowest BCUT2D eigenvalue weighted by Crippen LogP contribution is -2.43. The topological polar surface area (TPSA) is 77.5 Å². The minimum absolute atomic E-state index is 0.0542. The normalized spacial score (nSPS) is 28.3. The van der Waals surface area contributed by atoms with Gasteiger partial charge in [-0.1, -0.05) is 26.0 Å². The summed E-state index contributed by atoms with van der Waals surface area (Å²) in [5, 5.41) is 0. The number of rotatable bonds is 4. The zero-order valence-electron chi connectivity index (χ0n) is 13.3. The molecule has 2 rings (SSSR count). The molecule has 2 aliphatic rings. The SMILES string of the molecule is CCC(C)C(=O)C1C=CC2(CC(=O)OC(=O)C2)CC1C(C)=O. The van der Waals surface area contributed by atoms with E-state index in [1.165, 1.54) is 6.92 Å². The smallest absolute Gasteiger partial charge is 0.314 e. The molecule has 120 valence electrons. The Morgan fingerprint density at radius 2 is 1.91 bits per heavy atom. The molecule has 1 aliphatic heterocycles. The van der Waals surface area contributed by atoms with Gasteiger partial charge < -0.3 is 4.74 Å². The minimum Gasteiger partial charge on any atom is -0.393 e. The highest BCUT2D eigenvalue weighted by molar-refractivity contribution is 5.93. The van der Waals surface area contributed by atoms with Crippen LogP contribution >= 0.6 is 0 Å². The Hall–Kier alpha value is -1.78. The summed E-state index contributed by atoms with van der Waals surface area (Å²) in [6.45, 7) is 5.27. The molecule has 0 bridgehead atoms. The monoisotopic (exact) mass is 306 g/mol. The van der Waals surface area contributed by atoms with Crippen LogP contribution in [0.1, 0.15) is 46.5 Å². The Balaban J connectivity index is 2.31. The van der Waals surface area contributed by atoms with Crippen LogP contribution in [0.4, 0.5) is 0 Å². The van der Waals surface area contributed by atoms with Crippen LogP contribution in [0.15, 0.2) is 12.2 Å². The van der Waals surface area contributed by atoms with E-state index < -0.39 is 29.2 Å². The number of esters is 2. The molecule has 1 fully saturated rings. The van der Waals surface area contributed by atoms with Crippen molar-refractivity contribution in [2.75, 3.05) is 0 Å². The van der Waals surface area contributed by atoms with E-state index in [9.17, 15) is 19.2 Å². The Morgan fingerprint density at radius 3 is 2.41 bits per heavy atom. The number of Topliss-reactive ketones (excluding diaryl/α,β-unsaturated/α-hetero) is 2. The molecule has 0 aromatic heterocycles. The van der Waals surface area contributed by atoms with Crippen LogP contribution in [0.5, 0.6) is 0 Å². The summed E-state index contributed by atoms with van der Waals surface area (Å²) < 4.78 is 4.58. The highest BCUT2D eigenvalue weighted by Crippen LogP contribution is 2.46. The predicted molar refractivity (Wildman–Crippen MR) is 78.6 cm³/mol. The summed E-state index contributed by atoms with van der Waals surface area (Å²) in [6, 6.07) is 0. The molecule has 5 nitrogen and oxygen atoms in total. The molecular formula is C17H22O5. The van der Waals surface area contributed by atoms with E-state index in [2.05, 4.69) is 4.74 Å². The van der Waals surface area contributed by atoms with Crippen LogP contribution in [-0.4, -0.2) is 23.5 Å². The van der Waals surface area contributed by atoms with E-state index in [0.717, 1.165) is 6.42 Å². The van der Waals surface area contributed by atoms with Crippen LogP contribution in [0.25, 0.3) is 0 Å². The van der Waals surface area contributed by atoms with E-state index >= 15 is 0 Å². The summed E-state index contributed by atoms with van der Waals surface area (Å²) in [4.78, 5) is 47.6. The lowest BCUT2D eigenvalue weighted by molar-refractivity contribution is -0.168. The Labute approximate surface area is 130 Å². The molecular weight excluding hydrogens is 284 g/mol. The summed E-state index contributed by atoms with van der Waals surface area (Å²) >= 11 is 0. The van der Waals surface area contributed by atoms with Gasteiger partial charge in [0.25, 0.3) is 0 Å². The Morgan fingerprint density at radius 1 is 1.32 bits per heavy atom. The van der Waals surface area contributed by atoms with E-state index in [1.54, 1.807) is 12.2 Å². The first-order valence-electron chi connectivity index (χ1n) is 7.75. The van der Waals surface area contributed by atoms with Crippen LogP contribution in [0, 0.1) is 23.2 Å². The van der Waals surface area contributed by atoms with Crippen molar-refractivity contribution >= 4 is 23.5 Å². The average molecular weight is 306 g/mol. The van der Waals surface area contributed by atoms with Crippen molar-refractivity contribution in [2.24, 2.45) is 23.2 Å². The second-order valence-electron chi connectivity index (χ2n) is 6.58. The standard InChI is InChI=1S/C17H22O5/c1-4-10(2)16(21)12-5-6-17(7-13(12)11(3)18)8-14(19)22-15(20)9-17/h5-6,10,12-13H,4,7-9H2,1-3H3. The number of ketones is 2. The van der Waals surface area contributed by atoms with Crippen LogP contribution in [-0.2, 0) is 23.9 Å². The van der Waals surface area contributed by atoms with Crippen LogP contribution in [0.3, 0.4) is 0 Å². The van der Waals surface area contributed by atoms with Gasteiger partial charge >= 0.3 is 11.9 Å². The molecule has 1 saturated heterocycles. The average Bonchev–Trinajstić information content (AvgIpc) is 2.44. The fourth-order valence-electron chi connectivity index (χ4n) is 3.39. The third-order valence-corrected chi connectivity index (χ3v) is 4.89. The molecule has 22 heavy (non-hydrogen) atoms. The molecule has 0 saturated carbocycles. The Bertz CT molecular complexity index is 529.